The topological polar surface area (TPSA) is 32.7 Å². The highest BCUT2D eigenvalue weighted by molar-refractivity contribution is 5.80. The summed E-state index contributed by atoms with van der Waals surface area (Å²) in [6.45, 7) is 9.33. The lowest BCUT2D eigenvalue weighted by atomic mass is 9.81. The van der Waals surface area contributed by atoms with Crippen molar-refractivity contribution in [2.24, 2.45) is 0 Å². The molecule has 1 aliphatic rings. The van der Waals surface area contributed by atoms with Gasteiger partial charge in [0.15, 0.2) is 0 Å². The lowest BCUT2D eigenvalue weighted by Crippen LogP contribution is -2.17. The van der Waals surface area contributed by atoms with Gasteiger partial charge in [-0.15, -0.1) is 0 Å². The van der Waals surface area contributed by atoms with Gasteiger partial charge >= 0.3 is 0 Å². The Kier molecular flexibility index (Phi) is 6.33. The molecule has 1 saturated heterocycles. The van der Waals surface area contributed by atoms with E-state index in [0.29, 0.717) is 0 Å². The Morgan fingerprint density at radius 3 is 2.19 bits per heavy atom. The molecular weight excluding hydrogens is 382 g/mol. The fraction of sp³-hybridized carbons (Fsp3) is 0.357. The first kappa shape index (κ1) is 21.5. The van der Waals surface area contributed by atoms with Crippen LogP contribution in [0.2, 0.25) is 0 Å². The van der Waals surface area contributed by atoms with Gasteiger partial charge in [0.2, 0.25) is 0 Å². The summed E-state index contributed by atoms with van der Waals surface area (Å²) in [4.78, 5) is 2.45. The van der Waals surface area contributed by atoms with Gasteiger partial charge in [0, 0.05) is 24.3 Å². The predicted octanol–water partition coefficient (Wildman–Crippen LogP) is 6.29. The number of rotatable bonds is 6. The van der Waals surface area contributed by atoms with E-state index < -0.39 is 0 Å². The van der Waals surface area contributed by atoms with Gasteiger partial charge in [0.05, 0.1) is 6.61 Å². The Labute approximate surface area is 186 Å². The quantitative estimate of drug-likeness (QED) is 0.513. The second kappa shape index (κ2) is 9.15. The van der Waals surface area contributed by atoms with Gasteiger partial charge in [-0.1, -0.05) is 63.2 Å². The normalized spacial score (nSPS) is 14.1. The third kappa shape index (κ3) is 4.77. The lowest BCUT2D eigenvalue weighted by molar-refractivity contribution is 0.202. The molecule has 162 valence electrons. The molecule has 0 saturated carbocycles. The Bertz CT molecular complexity index is 1010. The Morgan fingerprint density at radius 1 is 0.839 bits per heavy atom. The smallest absolute Gasteiger partial charge is 0.127 e. The molecule has 1 aliphatic heterocycles. The number of hydrogen-bond acceptors (Lipinski definition) is 3. The minimum Gasteiger partial charge on any atom is -0.491 e. The van der Waals surface area contributed by atoms with Gasteiger partial charge in [-0.05, 0) is 64.8 Å². The second-order valence-corrected chi connectivity index (χ2v) is 9.32. The first-order valence-electron chi connectivity index (χ1n) is 11.3. The molecule has 0 aliphatic carbocycles. The molecule has 31 heavy (non-hydrogen) atoms. The molecule has 0 aromatic heterocycles. The predicted molar refractivity (Wildman–Crippen MR) is 130 cm³/mol. The molecule has 1 fully saturated rings. The number of aliphatic hydroxyl groups is 1. The summed E-state index contributed by atoms with van der Waals surface area (Å²) in [5.74, 6) is 0.806. The average Bonchev–Trinajstić information content (AvgIpc) is 3.32. The third-order valence-electron chi connectivity index (χ3n) is 6.02. The molecular formula is C28H33NO2. The highest BCUT2D eigenvalue weighted by Gasteiger charge is 2.19. The van der Waals surface area contributed by atoms with Crippen LogP contribution in [0.1, 0.15) is 39.2 Å². The maximum atomic E-state index is 9.27. The van der Waals surface area contributed by atoms with Crippen molar-refractivity contribution >= 4 is 5.69 Å². The fourth-order valence-corrected chi connectivity index (χ4v) is 4.42. The van der Waals surface area contributed by atoms with Crippen LogP contribution in [-0.4, -0.2) is 31.4 Å². The van der Waals surface area contributed by atoms with Crippen LogP contribution in [0.15, 0.2) is 66.7 Å². The molecule has 3 heteroatoms. The molecule has 0 amide bonds. The summed E-state index contributed by atoms with van der Waals surface area (Å²) in [5, 5.41) is 9.27. The van der Waals surface area contributed by atoms with Crippen LogP contribution >= 0.6 is 0 Å². The molecule has 4 rings (SSSR count). The van der Waals surface area contributed by atoms with Gasteiger partial charge in [0.25, 0.3) is 0 Å². The van der Waals surface area contributed by atoms with Gasteiger partial charge < -0.3 is 14.7 Å². The van der Waals surface area contributed by atoms with Crippen LogP contribution in [0.25, 0.3) is 22.3 Å². The number of hydrogen-bond donors (Lipinski definition) is 1. The molecule has 3 aromatic carbocycles. The van der Waals surface area contributed by atoms with Gasteiger partial charge in [-0.3, -0.25) is 0 Å². The van der Waals surface area contributed by atoms with Gasteiger partial charge in [0.1, 0.15) is 12.4 Å². The van der Waals surface area contributed by atoms with E-state index in [0.717, 1.165) is 30.0 Å². The van der Waals surface area contributed by atoms with Crippen molar-refractivity contribution in [3.05, 3.63) is 72.3 Å². The van der Waals surface area contributed by atoms with Crippen LogP contribution in [0.3, 0.4) is 0 Å². The van der Waals surface area contributed by atoms with Crippen molar-refractivity contribution in [2.45, 2.75) is 39.0 Å². The van der Waals surface area contributed by atoms with E-state index >= 15 is 0 Å². The van der Waals surface area contributed by atoms with E-state index in [1.165, 1.54) is 35.2 Å². The van der Waals surface area contributed by atoms with Crippen LogP contribution in [0, 0.1) is 0 Å². The van der Waals surface area contributed by atoms with Crippen LogP contribution in [0.5, 0.6) is 5.75 Å². The minimum atomic E-state index is 0.00193. The summed E-state index contributed by atoms with van der Waals surface area (Å²) in [6.07, 6.45) is 2.55. The number of ether oxygens (including phenoxy) is 1. The van der Waals surface area contributed by atoms with Crippen LogP contribution in [0.4, 0.5) is 5.69 Å². The van der Waals surface area contributed by atoms with E-state index in [1.54, 1.807) is 0 Å². The summed E-state index contributed by atoms with van der Waals surface area (Å²) >= 11 is 0. The Balaban J connectivity index is 1.76. The second-order valence-electron chi connectivity index (χ2n) is 9.32. The zero-order valence-electron chi connectivity index (χ0n) is 18.9. The molecule has 1 heterocycles. The fourth-order valence-electron chi connectivity index (χ4n) is 4.42. The summed E-state index contributed by atoms with van der Waals surface area (Å²) in [7, 11) is 0. The SMILES string of the molecule is CC(C)(C)c1ccccc1-c1ccc(OCCO)c(-c2ccc(N3CCCC3)cc2)c1. The van der Waals surface area contributed by atoms with Gasteiger partial charge in [-0.2, -0.15) is 0 Å². The van der Waals surface area contributed by atoms with E-state index in [-0.39, 0.29) is 18.6 Å². The third-order valence-corrected chi connectivity index (χ3v) is 6.02. The lowest BCUT2D eigenvalue weighted by Gasteiger charge is -2.24. The standard InChI is InChI=1S/C28H33NO2/c1-28(2,3)26-9-5-4-8-24(26)22-12-15-27(31-19-18-30)25(20-22)21-10-13-23(14-11-21)29-16-6-7-17-29/h4-5,8-15,20,30H,6-7,16-19H2,1-3H3. The molecule has 1 N–H and O–H groups in total. The molecule has 0 bridgehead atoms. The maximum absolute atomic E-state index is 9.27. The van der Waals surface area contributed by atoms with Crippen LogP contribution in [-0.2, 0) is 5.41 Å². The zero-order chi connectivity index (χ0) is 21.8. The van der Waals surface area contributed by atoms with Crippen molar-refractivity contribution in [2.75, 3.05) is 31.2 Å². The number of benzene rings is 3. The zero-order valence-corrected chi connectivity index (χ0v) is 18.9. The number of anilines is 1. The Morgan fingerprint density at radius 2 is 1.52 bits per heavy atom. The molecule has 3 aromatic rings. The first-order valence-corrected chi connectivity index (χ1v) is 11.3. The number of nitrogens with zero attached hydrogens (tertiary/aromatic N) is 1. The largest absolute Gasteiger partial charge is 0.491 e. The van der Waals surface area contributed by atoms with Crippen molar-refractivity contribution in [1.82, 2.24) is 0 Å². The maximum Gasteiger partial charge on any atom is 0.127 e. The van der Waals surface area contributed by atoms with Crippen molar-refractivity contribution in [3.63, 3.8) is 0 Å². The monoisotopic (exact) mass is 415 g/mol. The number of aliphatic hydroxyl groups excluding tert-OH is 1. The van der Waals surface area contributed by atoms with Gasteiger partial charge in [-0.25, -0.2) is 0 Å². The average molecular weight is 416 g/mol. The van der Waals surface area contributed by atoms with E-state index in [4.69, 9.17) is 4.74 Å². The highest BCUT2D eigenvalue weighted by atomic mass is 16.5. The van der Waals surface area contributed by atoms with Crippen LogP contribution < -0.4 is 9.64 Å². The summed E-state index contributed by atoms with van der Waals surface area (Å²) in [5.41, 5.74) is 7.29. The first-order chi connectivity index (χ1) is 15.0. The molecule has 0 radical (unpaired) electrons. The summed E-state index contributed by atoms with van der Waals surface area (Å²) < 4.78 is 5.90. The van der Waals surface area contributed by atoms with Crippen molar-refractivity contribution < 1.29 is 9.84 Å². The van der Waals surface area contributed by atoms with E-state index in [1.807, 2.05) is 6.07 Å². The molecule has 3 nitrogen and oxygen atoms in total. The highest BCUT2D eigenvalue weighted by Crippen LogP contribution is 2.38. The Hall–Kier alpha value is -2.78. The molecule has 0 unspecified atom stereocenters. The van der Waals surface area contributed by atoms with E-state index in [2.05, 4.69) is 86.3 Å². The molecule has 0 atom stereocenters. The summed E-state index contributed by atoms with van der Waals surface area (Å²) in [6, 6.07) is 23.8. The van der Waals surface area contributed by atoms with Crippen molar-refractivity contribution in [3.8, 4) is 28.0 Å². The molecule has 0 spiro atoms. The van der Waals surface area contributed by atoms with E-state index in [9.17, 15) is 5.11 Å². The minimum absolute atomic E-state index is 0.00193. The van der Waals surface area contributed by atoms with Crippen molar-refractivity contribution in [1.29, 1.82) is 0 Å².